The molecule has 2 nitrogen and oxygen atoms in total. The van der Waals surface area contributed by atoms with Crippen molar-refractivity contribution in [2.24, 2.45) is 0 Å². The van der Waals surface area contributed by atoms with Gasteiger partial charge in [0, 0.05) is 16.8 Å². The number of aryl methyl sites for hydroxylation is 2. The van der Waals surface area contributed by atoms with Gasteiger partial charge in [0.05, 0.1) is 11.7 Å². The van der Waals surface area contributed by atoms with Crippen molar-refractivity contribution in [3.05, 3.63) is 35.8 Å². The minimum absolute atomic E-state index is 0.973. The first kappa shape index (κ1) is 10.6. The summed E-state index contributed by atoms with van der Waals surface area (Å²) >= 11 is 0. The van der Waals surface area contributed by atoms with Crippen molar-refractivity contribution in [2.45, 2.75) is 27.7 Å². The molecule has 0 unspecified atom stereocenters. The molecule has 0 spiro atoms. The van der Waals surface area contributed by atoms with Gasteiger partial charge in [-0.2, -0.15) is 0 Å². The van der Waals surface area contributed by atoms with Crippen molar-refractivity contribution >= 4 is 10.9 Å². The topological polar surface area (TPSA) is 25.8 Å². The van der Waals surface area contributed by atoms with Gasteiger partial charge in [0.2, 0.25) is 0 Å². The Morgan fingerprint density at radius 1 is 1.00 bits per heavy atom. The Morgan fingerprint density at radius 3 is 2.43 bits per heavy atom. The van der Waals surface area contributed by atoms with Crippen LogP contribution in [0, 0.1) is 13.8 Å². The molecule has 14 heavy (non-hydrogen) atoms. The summed E-state index contributed by atoms with van der Waals surface area (Å²) < 4.78 is 0. The zero-order chi connectivity index (χ0) is 10.6. The molecular formula is C12H16N2. The lowest BCUT2D eigenvalue weighted by Gasteiger charge is -1.98. The van der Waals surface area contributed by atoms with E-state index < -0.39 is 0 Å². The molecule has 0 bridgehead atoms. The molecule has 0 N–H and O–H groups in total. The third-order valence-corrected chi connectivity index (χ3v) is 1.85. The summed E-state index contributed by atoms with van der Waals surface area (Å²) in [4.78, 5) is 8.54. The fourth-order valence-electron chi connectivity index (χ4n) is 1.24. The first-order valence-electron chi connectivity index (χ1n) is 4.96. The highest BCUT2D eigenvalue weighted by Gasteiger charge is 1.95. The van der Waals surface area contributed by atoms with Crippen molar-refractivity contribution in [1.29, 1.82) is 0 Å². The van der Waals surface area contributed by atoms with Gasteiger partial charge in [0.25, 0.3) is 0 Å². The number of nitrogens with zero attached hydrogens (tertiary/aromatic N) is 2. The fourth-order valence-corrected chi connectivity index (χ4v) is 1.24. The fraction of sp³-hybridized carbons (Fsp3) is 0.333. The Kier molecular flexibility index (Phi) is 3.57. The summed E-state index contributed by atoms with van der Waals surface area (Å²) in [5.74, 6) is 0. The first-order valence-corrected chi connectivity index (χ1v) is 4.96. The highest BCUT2D eigenvalue weighted by atomic mass is 14.7. The molecule has 2 rings (SSSR count). The van der Waals surface area contributed by atoms with Crippen LogP contribution in [-0.2, 0) is 0 Å². The lowest BCUT2D eigenvalue weighted by atomic mass is 10.2. The van der Waals surface area contributed by atoms with E-state index in [1.807, 2.05) is 46.0 Å². The molecular weight excluding hydrogens is 172 g/mol. The quantitative estimate of drug-likeness (QED) is 0.634. The van der Waals surface area contributed by atoms with E-state index in [0.29, 0.717) is 0 Å². The largest absolute Gasteiger partial charge is 0.259 e. The molecule has 0 aliphatic carbocycles. The molecule has 0 atom stereocenters. The highest BCUT2D eigenvalue weighted by molar-refractivity contribution is 5.77. The predicted molar refractivity (Wildman–Crippen MR) is 60.4 cm³/mol. The van der Waals surface area contributed by atoms with E-state index in [9.17, 15) is 0 Å². The summed E-state index contributed by atoms with van der Waals surface area (Å²) in [5.41, 5.74) is 3.04. The zero-order valence-electron chi connectivity index (χ0n) is 9.20. The van der Waals surface area contributed by atoms with Gasteiger partial charge in [-0.3, -0.25) is 9.97 Å². The summed E-state index contributed by atoms with van der Waals surface area (Å²) in [5, 5.41) is 1.16. The number of rotatable bonds is 0. The van der Waals surface area contributed by atoms with E-state index in [-0.39, 0.29) is 0 Å². The lowest BCUT2D eigenvalue weighted by Crippen LogP contribution is -1.86. The number of aromatic nitrogens is 2. The molecule has 0 amide bonds. The van der Waals surface area contributed by atoms with E-state index in [1.165, 1.54) is 0 Å². The standard InChI is InChI=1S/C10H10N2.C2H6/c1-7-3-4-9-5-8(2)11-6-10(9)12-7;1-2/h3-6H,1-2H3;1-2H3. The van der Waals surface area contributed by atoms with Crippen LogP contribution in [-0.4, -0.2) is 9.97 Å². The van der Waals surface area contributed by atoms with Crippen LogP contribution in [0.15, 0.2) is 24.4 Å². The molecule has 0 aromatic carbocycles. The minimum Gasteiger partial charge on any atom is -0.259 e. The normalized spacial score (nSPS) is 9.43. The second-order valence-corrected chi connectivity index (χ2v) is 2.97. The van der Waals surface area contributed by atoms with Gasteiger partial charge in [-0.25, -0.2) is 0 Å². The Morgan fingerprint density at radius 2 is 1.71 bits per heavy atom. The van der Waals surface area contributed by atoms with Gasteiger partial charge in [-0.15, -0.1) is 0 Å². The summed E-state index contributed by atoms with van der Waals surface area (Å²) in [6, 6.07) is 6.13. The van der Waals surface area contributed by atoms with Crippen molar-refractivity contribution in [1.82, 2.24) is 9.97 Å². The molecule has 2 aromatic rings. The lowest BCUT2D eigenvalue weighted by molar-refractivity contribution is 1.18. The summed E-state index contributed by atoms with van der Waals surface area (Å²) in [6.07, 6.45) is 1.82. The van der Waals surface area contributed by atoms with E-state index in [1.54, 1.807) is 0 Å². The average Bonchev–Trinajstić information content (AvgIpc) is 2.21. The molecule has 0 saturated heterocycles. The van der Waals surface area contributed by atoms with E-state index in [2.05, 4.69) is 16.0 Å². The third-order valence-electron chi connectivity index (χ3n) is 1.85. The van der Waals surface area contributed by atoms with Crippen LogP contribution in [0.25, 0.3) is 10.9 Å². The van der Waals surface area contributed by atoms with Crippen LogP contribution < -0.4 is 0 Å². The molecule has 0 aliphatic rings. The molecule has 0 fully saturated rings. The summed E-state index contributed by atoms with van der Waals surface area (Å²) in [7, 11) is 0. The van der Waals surface area contributed by atoms with Gasteiger partial charge in [-0.05, 0) is 26.0 Å². The van der Waals surface area contributed by atoms with Gasteiger partial charge in [0.1, 0.15) is 0 Å². The van der Waals surface area contributed by atoms with Crippen LogP contribution in [0.2, 0.25) is 0 Å². The van der Waals surface area contributed by atoms with Crippen LogP contribution >= 0.6 is 0 Å². The maximum absolute atomic E-state index is 4.35. The second-order valence-electron chi connectivity index (χ2n) is 2.97. The number of hydrogen-bond donors (Lipinski definition) is 0. The molecule has 2 aromatic heterocycles. The number of fused-ring (bicyclic) bond motifs is 1. The zero-order valence-corrected chi connectivity index (χ0v) is 9.20. The van der Waals surface area contributed by atoms with Crippen LogP contribution in [0.1, 0.15) is 25.2 Å². The van der Waals surface area contributed by atoms with Crippen LogP contribution in [0.3, 0.4) is 0 Å². The van der Waals surface area contributed by atoms with Gasteiger partial charge < -0.3 is 0 Å². The third kappa shape index (κ3) is 2.28. The maximum Gasteiger partial charge on any atom is 0.0888 e. The minimum atomic E-state index is 0.973. The van der Waals surface area contributed by atoms with Crippen LogP contribution in [0.5, 0.6) is 0 Å². The number of hydrogen-bond acceptors (Lipinski definition) is 2. The monoisotopic (exact) mass is 188 g/mol. The Balaban J connectivity index is 0.000000461. The van der Waals surface area contributed by atoms with Gasteiger partial charge >= 0.3 is 0 Å². The van der Waals surface area contributed by atoms with Crippen molar-refractivity contribution in [2.75, 3.05) is 0 Å². The average molecular weight is 188 g/mol. The molecule has 2 heteroatoms. The molecule has 2 heterocycles. The molecule has 0 radical (unpaired) electrons. The van der Waals surface area contributed by atoms with Crippen molar-refractivity contribution in [3.8, 4) is 0 Å². The smallest absolute Gasteiger partial charge is 0.0888 e. The predicted octanol–water partition coefficient (Wildman–Crippen LogP) is 3.27. The van der Waals surface area contributed by atoms with Gasteiger partial charge in [-0.1, -0.05) is 19.9 Å². The second kappa shape index (κ2) is 4.70. The van der Waals surface area contributed by atoms with E-state index in [4.69, 9.17) is 0 Å². The van der Waals surface area contributed by atoms with E-state index in [0.717, 1.165) is 22.3 Å². The molecule has 0 saturated carbocycles. The Labute approximate surface area is 85.0 Å². The Hall–Kier alpha value is -1.44. The maximum atomic E-state index is 4.35. The van der Waals surface area contributed by atoms with Gasteiger partial charge in [0.15, 0.2) is 0 Å². The van der Waals surface area contributed by atoms with Crippen molar-refractivity contribution in [3.63, 3.8) is 0 Å². The number of pyridine rings is 2. The highest BCUT2D eigenvalue weighted by Crippen LogP contribution is 2.11. The first-order chi connectivity index (χ1) is 6.75. The Bertz CT molecular complexity index is 380. The van der Waals surface area contributed by atoms with E-state index >= 15 is 0 Å². The SMILES string of the molecule is CC.Cc1cc2ccc(C)nc2cn1. The van der Waals surface area contributed by atoms with Crippen LogP contribution in [0.4, 0.5) is 0 Å². The molecule has 0 aliphatic heterocycles. The van der Waals surface area contributed by atoms with Crippen molar-refractivity contribution < 1.29 is 0 Å². The molecule has 74 valence electrons. The summed E-state index contributed by atoms with van der Waals surface area (Å²) in [6.45, 7) is 7.97.